The molecule has 2 rings (SSSR count). The van der Waals surface area contributed by atoms with Crippen LogP contribution in [0.1, 0.15) is 30.8 Å². The molecule has 1 unspecified atom stereocenters. The molecule has 1 fully saturated rings. The van der Waals surface area contributed by atoms with Gasteiger partial charge in [-0.2, -0.15) is 5.10 Å². The molecular formula is C10H15N3O2S. The Balaban J connectivity index is 2.06. The minimum Gasteiger partial charge on any atom is -0.480 e. The van der Waals surface area contributed by atoms with Crippen molar-refractivity contribution in [3.63, 3.8) is 0 Å². The van der Waals surface area contributed by atoms with E-state index in [-0.39, 0.29) is 5.37 Å². The quantitative estimate of drug-likeness (QED) is 0.833. The van der Waals surface area contributed by atoms with Gasteiger partial charge in [-0.25, -0.2) is 0 Å². The summed E-state index contributed by atoms with van der Waals surface area (Å²) in [6, 6.07) is -0.118. The average Bonchev–Trinajstić information content (AvgIpc) is 2.86. The van der Waals surface area contributed by atoms with E-state index in [0.29, 0.717) is 11.8 Å². The summed E-state index contributed by atoms with van der Waals surface area (Å²) in [5.74, 6) is -0.182. The van der Waals surface area contributed by atoms with Gasteiger partial charge in [0.05, 0.1) is 11.6 Å². The van der Waals surface area contributed by atoms with Gasteiger partial charge in [0, 0.05) is 23.6 Å². The summed E-state index contributed by atoms with van der Waals surface area (Å²) in [7, 11) is 0. The first-order valence-corrected chi connectivity index (χ1v) is 6.27. The first-order valence-electron chi connectivity index (χ1n) is 5.22. The number of aromatic nitrogens is 2. The first kappa shape index (κ1) is 11.5. The maximum atomic E-state index is 10.8. The highest BCUT2D eigenvalue weighted by atomic mass is 32.2. The number of nitrogens with one attached hydrogen (secondary N) is 1. The summed E-state index contributed by atoms with van der Waals surface area (Å²) in [5, 5.41) is 16.2. The number of hydrogen-bond acceptors (Lipinski definition) is 4. The van der Waals surface area contributed by atoms with Crippen LogP contribution in [-0.4, -0.2) is 32.7 Å². The Kier molecular flexibility index (Phi) is 3.20. The van der Waals surface area contributed by atoms with E-state index in [9.17, 15) is 4.79 Å². The smallest absolute Gasteiger partial charge is 0.321 e. The zero-order chi connectivity index (χ0) is 11.7. The summed E-state index contributed by atoms with van der Waals surface area (Å²) in [4.78, 5) is 10.8. The van der Waals surface area contributed by atoms with E-state index in [1.807, 2.05) is 10.9 Å². The van der Waals surface area contributed by atoms with Crippen LogP contribution in [-0.2, 0) is 4.79 Å². The predicted molar refractivity (Wildman–Crippen MR) is 62.4 cm³/mol. The van der Waals surface area contributed by atoms with E-state index in [4.69, 9.17) is 5.11 Å². The van der Waals surface area contributed by atoms with Gasteiger partial charge >= 0.3 is 5.97 Å². The van der Waals surface area contributed by atoms with Crippen molar-refractivity contribution in [1.29, 1.82) is 0 Å². The van der Waals surface area contributed by atoms with Gasteiger partial charge in [0.25, 0.3) is 0 Å². The highest BCUT2D eigenvalue weighted by Gasteiger charge is 2.30. The Morgan fingerprint density at radius 2 is 2.50 bits per heavy atom. The van der Waals surface area contributed by atoms with Gasteiger partial charge in [-0.05, 0) is 13.8 Å². The fourth-order valence-electron chi connectivity index (χ4n) is 1.58. The van der Waals surface area contributed by atoms with Crippen molar-refractivity contribution in [3.8, 4) is 0 Å². The fourth-order valence-corrected chi connectivity index (χ4v) is 2.78. The molecule has 2 atom stereocenters. The largest absolute Gasteiger partial charge is 0.480 e. The van der Waals surface area contributed by atoms with E-state index in [2.05, 4.69) is 24.3 Å². The Morgan fingerprint density at radius 1 is 1.75 bits per heavy atom. The second-order valence-electron chi connectivity index (χ2n) is 4.12. The Morgan fingerprint density at radius 3 is 3.00 bits per heavy atom. The lowest BCUT2D eigenvalue weighted by Gasteiger charge is -2.08. The van der Waals surface area contributed by atoms with Crippen LogP contribution in [0.2, 0.25) is 0 Å². The summed E-state index contributed by atoms with van der Waals surface area (Å²) < 4.78 is 1.88. The Hall–Kier alpha value is -1.01. The molecule has 0 saturated carbocycles. The van der Waals surface area contributed by atoms with Crippen LogP contribution >= 0.6 is 11.8 Å². The minimum atomic E-state index is -0.786. The van der Waals surface area contributed by atoms with Crippen LogP contribution in [0.4, 0.5) is 0 Å². The van der Waals surface area contributed by atoms with E-state index in [0.717, 1.165) is 5.56 Å². The number of hydrogen-bond donors (Lipinski definition) is 2. The third-order valence-electron chi connectivity index (χ3n) is 2.53. The van der Waals surface area contributed by atoms with Gasteiger partial charge in [-0.1, -0.05) is 0 Å². The van der Waals surface area contributed by atoms with Crippen LogP contribution in [0.25, 0.3) is 0 Å². The number of aliphatic carboxylic acids is 1. The van der Waals surface area contributed by atoms with Crippen molar-refractivity contribution in [2.45, 2.75) is 31.3 Å². The number of carbonyl (C=O) groups is 1. The van der Waals surface area contributed by atoms with E-state index >= 15 is 0 Å². The Labute approximate surface area is 98.2 Å². The van der Waals surface area contributed by atoms with Gasteiger partial charge in [0.15, 0.2) is 0 Å². The lowest BCUT2D eigenvalue weighted by molar-refractivity contribution is -0.138. The minimum absolute atomic E-state index is 0.0496. The third kappa shape index (κ3) is 2.22. The second-order valence-corrected chi connectivity index (χ2v) is 5.26. The second kappa shape index (κ2) is 4.47. The van der Waals surface area contributed by atoms with E-state index in [1.54, 1.807) is 18.0 Å². The van der Waals surface area contributed by atoms with Crippen molar-refractivity contribution in [2.24, 2.45) is 0 Å². The molecule has 16 heavy (non-hydrogen) atoms. The van der Waals surface area contributed by atoms with Crippen LogP contribution in [0.5, 0.6) is 0 Å². The summed E-state index contributed by atoms with van der Waals surface area (Å²) in [6.07, 6.45) is 3.77. The lowest BCUT2D eigenvalue weighted by atomic mass is 10.3. The van der Waals surface area contributed by atoms with E-state index in [1.165, 1.54) is 0 Å². The molecule has 5 nitrogen and oxygen atoms in total. The number of thioether (sulfide) groups is 1. The van der Waals surface area contributed by atoms with Gasteiger partial charge in [-0.15, -0.1) is 11.8 Å². The molecule has 0 spiro atoms. The third-order valence-corrected chi connectivity index (χ3v) is 3.80. The summed E-state index contributed by atoms with van der Waals surface area (Å²) in [5.41, 5.74) is 1.04. The van der Waals surface area contributed by atoms with Crippen LogP contribution in [0, 0.1) is 0 Å². The van der Waals surface area contributed by atoms with Gasteiger partial charge in [-0.3, -0.25) is 14.8 Å². The molecule has 1 aromatic heterocycles. The van der Waals surface area contributed by atoms with Crippen LogP contribution < -0.4 is 5.32 Å². The van der Waals surface area contributed by atoms with Crippen LogP contribution in [0.15, 0.2) is 12.4 Å². The summed E-state index contributed by atoms with van der Waals surface area (Å²) >= 11 is 1.61. The molecule has 1 saturated heterocycles. The molecule has 0 aromatic carbocycles. The summed E-state index contributed by atoms with van der Waals surface area (Å²) in [6.45, 7) is 4.12. The number of rotatable bonds is 3. The first-order chi connectivity index (χ1) is 7.58. The average molecular weight is 241 g/mol. The van der Waals surface area contributed by atoms with Gasteiger partial charge in [0.2, 0.25) is 0 Å². The van der Waals surface area contributed by atoms with Crippen molar-refractivity contribution >= 4 is 17.7 Å². The lowest BCUT2D eigenvalue weighted by Crippen LogP contribution is -2.33. The molecule has 6 heteroatoms. The molecule has 1 aliphatic heterocycles. The highest BCUT2D eigenvalue weighted by Crippen LogP contribution is 2.32. The predicted octanol–water partition coefficient (Wildman–Crippen LogP) is 1.25. The molecule has 0 bridgehead atoms. The van der Waals surface area contributed by atoms with Gasteiger partial charge < -0.3 is 5.11 Å². The molecule has 0 radical (unpaired) electrons. The van der Waals surface area contributed by atoms with Gasteiger partial charge in [0.1, 0.15) is 6.04 Å². The standard InChI is InChI=1S/C10H15N3O2S/c1-6(2)13-4-7(3-11-13)9-12-8(5-16-9)10(14)15/h3-4,6,8-9,12H,5H2,1-2H3,(H,14,15)/t8-,9?/m1/s1. The SMILES string of the molecule is CC(C)n1cc(C2N[C@@H](C(=O)O)CS2)cn1. The monoisotopic (exact) mass is 241 g/mol. The molecular weight excluding hydrogens is 226 g/mol. The maximum absolute atomic E-state index is 10.8. The molecule has 0 amide bonds. The normalized spacial score (nSPS) is 25.2. The molecule has 0 aliphatic carbocycles. The zero-order valence-electron chi connectivity index (χ0n) is 9.25. The fraction of sp³-hybridized carbons (Fsp3) is 0.600. The highest BCUT2D eigenvalue weighted by molar-refractivity contribution is 7.99. The molecule has 1 aromatic rings. The zero-order valence-corrected chi connectivity index (χ0v) is 10.1. The maximum Gasteiger partial charge on any atom is 0.321 e. The Bertz CT molecular complexity index is 391. The molecule has 2 heterocycles. The van der Waals surface area contributed by atoms with Crippen molar-refractivity contribution in [2.75, 3.05) is 5.75 Å². The van der Waals surface area contributed by atoms with Crippen molar-refractivity contribution in [3.05, 3.63) is 18.0 Å². The number of carboxylic acids is 1. The van der Waals surface area contributed by atoms with Crippen molar-refractivity contribution < 1.29 is 9.90 Å². The number of carboxylic acid groups (broad SMARTS) is 1. The number of nitrogens with zero attached hydrogens (tertiary/aromatic N) is 2. The molecule has 1 aliphatic rings. The van der Waals surface area contributed by atoms with Crippen molar-refractivity contribution in [1.82, 2.24) is 15.1 Å². The van der Waals surface area contributed by atoms with Crippen LogP contribution in [0.3, 0.4) is 0 Å². The van der Waals surface area contributed by atoms with E-state index < -0.39 is 12.0 Å². The molecule has 88 valence electrons. The molecule has 2 N–H and O–H groups in total. The topological polar surface area (TPSA) is 67.2 Å².